The molecular formula is C27H25IN2O6S. The maximum atomic E-state index is 13.7. The molecule has 1 aromatic heterocycles. The molecule has 0 unspecified atom stereocenters. The largest absolute Gasteiger partial charge is 0.481 e. The van der Waals surface area contributed by atoms with Gasteiger partial charge in [0, 0.05) is 0 Å². The Morgan fingerprint density at radius 2 is 1.89 bits per heavy atom. The van der Waals surface area contributed by atoms with E-state index in [1.54, 1.807) is 36.6 Å². The monoisotopic (exact) mass is 632 g/mol. The van der Waals surface area contributed by atoms with Gasteiger partial charge in [0.05, 0.1) is 39.1 Å². The Bertz CT molecular complexity index is 1570. The zero-order valence-electron chi connectivity index (χ0n) is 20.7. The Morgan fingerprint density at radius 1 is 1.16 bits per heavy atom. The van der Waals surface area contributed by atoms with E-state index in [1.807, 2.05) is 37.3 Å². The molecular weight excluding hydrogens is 607 g/mol. The van der Waals surface area contributed by atoms with Crippen LogP contribution in [0.5, 0.6) is 5.75 Å². The Balaban J connectivity index is 1.80. The predicted molar refractivity (Wildman–Crippen MR) is 148 cm³/mol. The fraction of sp³-hybridized carbons (Fsp3) is 0.259. The van der Waals surface area contributed by atoms with Crippen LogP contribution in [0.2, 0.25) is 0 Å². The van der Waals surface area contributed by atoms with E-state index in [-0.39, 0.29) is 18.8 Å². The Kier molecular flexibility index (Phi) is 8.28. The number of methoxy groups -OCH3 is 1. The lowest BCUT2D eigenvalue weighted by molar-refractivity contribution is -0.143. The highest BCUT2D eigenvalue weighted by molar-refractivity contribution is 14.1. The van der Waals surface area contributed by atoms with Gasteiger partial charge in [0.2, 0.25) is 0 Å². The lowest BCUT2D eigenvalue weighted by Gasteiger charge is -2.24. The molecule has 1 aliphatic heterocycles. The standard InChI is InChI=1S/C27H25IN2O6S/c1-5-35-26(33)23-16(3)29-27-30(24(23)18-9-6-15(2)7-10-18)25(32)21(37-27)13-17-8-11-20(19(28)12-17)36-14-22(31)34-4/h6-13,24H,5,14H2,1-4H3/b21-13+/t24-/m1/s1. The van der Waals surface area contributed by atoms with Crippen molar-refractivity contribution in [3.63, 3.8) is 0 Å². The number of aryl methyl sites for hydroxylation is 1. The lowest BCUT2D eigenvalue weighted by atomic mass is 9.95. The number of hydrogen-bond donors (Lipinski definition) is 0. The third kappa shape index (κ3) is 5.69. The summed E-state index contributed by atoms with van der Waals surface area (Å²) in [5.74, 6) is -0.416. The molecule has 2 aromatic carbocycles. The molecule has 3 aromatic rings. The van der Waals surface area contributed by atoms with E-state index in [1.165, 1.54) is 18.4 Å². The zero-order valence-corrected chi connectivity index (χ0v) is 23.7. The summed E-state index contributed by atoms with van der Waals surface area (Å²) in [5.41, 5.74) is 3.29. The summed E-state index contributed by atoms with van der Waals surface area (Å²) in [4.78, 5) is 43.1. The maximum Gasteiger partial charge on any atom is 0.343 e. The summed E-state index contributed by atoms with van der Waals surface area (Å²) < 4.78 is 18.3. The number of ether oxygens (including phenoxy) is 3. The molecule has 10 heteroatoms. The number of carbonyl (C=O) groups is 2. The molecule has 0 saturated heterocycles. The first-order valence-corrected chi connectivity index (χ1v) is 13.4. The quantitative estimate of drug-likeness (QED) is 0.293. The number of thiazole rings is 1. The number of carbonyl (C=O) groups excluding carboxylic acids is 2. The van der Waals surface area contributed by atoms with Crippen LogP contribution in [0.4, 0.5) is 0 Å². The second-order valence-corrected chi connectivity index (χ2v) is 10.4. The number of benzene rings is 2. The third-order valence-corrected chi connectivity index (χ3v) is 7.56. The van der Waals surface area contributed by atoms with Gasteiger partial charge in [-0.2, -0.15) is 0 Å². The molecule has 0 saturated carbocycles. The van der Waals surface area contributed by atoms with Crippen LogP contribution >= 0.6 is 33.9 Å². The second-order valence-electron chi connectivity index (χ2n) is 8.27. The zero-order chi connectivity index (χ0) is 26.7. The van der Waals surface area contributed by atoms with Crippen LogP contribution in [0.1, 0.15) is 36.6 Å². The third-order valence-electron chi connectivity index (χ3n) is 5.74. The van der Waals surface area contributed by atoms with E-state index >= 15 is 0 Å². The minimum atomic E-state index is -0.646. The van der Waals surface area contributed by atoms with E-state index in [2.05, 4.69) is 32.3 Å². The van der Waals surface area contributed by atoms with Crippen LogP contribution in [0.25, 0.3) is 6.08 Å². The average molecular weight is 632 g/mol. The van der Waals surface area contributed by atoms with E-state index in [0.29, 0.717) is 26.4 Å². The summed E-state index contributed by atoms with van der Waals surface area (Å²) in [6, 6.07) is 12.5. The summed E-state index contributed by atoms with van der Waals surface area (Å²) in [6.45, 7) is 5.52. The second kappa shape index (κ2) is 11.4. The first-order valence-electron chi connectivity index (χ1n) is 11.5. The van der Waals surface area contributed by atoms with Gasteiger partial charge in [-0.05, 0) is 72.7 Å². The van der Waals surface area contributed by atoms with Crippen molar-refractivity contribution in [2.24, 2.45) is 4.99 Å². The molecule has 0 spiro atoms. The number of fused-ring (bicyclic) bond motifs is 1. The number of esters is 2. The van der Waals surface area contributed by atoms with E-state index in [0.717, 1.165) is 20.3 Å². The Labute approximate surface area is 231 Å². The van der Waals surface area contributed by atoms with Gasteiger partial charge in [-0.15, -0.1) is 0 Å². The fourth-order valence-corrected chi connectivity index (χ4v) is 5.67. The highest BCUT2D eigenvalue weighted by atomic mass is 127. The van der Waals surface area contributed by atoms with Crippen LogP contribution < -0.4 is 19.6 Å². The van der Waals surface area contributed by atoms with E-state index < -0.39 is 18.0 Å². The van der Waals surface area contributed by atoms with Gasteiger partial charge in [-0.3, -0.25) is 9.36 Å². The van der Waals surface area contributed by atoms with Crippen LogP contribution in [-0.4, -0.2) is 36.8 Å². The fourth-order valence-electron chi connectivity index (χ4n) is 3.93. The van der Waals surface area contributed by atoms with Crippen LogP contribution in [-0.2, 0) is 19.1 Å². The smallest absolute Gasteiger partial charge is 0.343 e. The SMILES string of the molecule is CCOC(=O)C1=C(C)N=c2s/c(=C/c3ccc(OCC(=O)OC)c(I)c3)c(=O)n2[C@@H]1c1ccc(C)cc1. The van der Waals surface area contributed by atoms with Crippen molar-refractivity contribution >= 4 is 51.9 Å². The molecule has 1 aliphatic rings. The summed E-state index contributed by atoms with van der Waals surface area (Å²) in [7, 11) is 1.30. The maximum absolute atomic E-state index is 13.7. The summed E-state index contributed by atoms with van der Waals surface area (Å²) in [5, 5.41) is 0. The van der Waals surface area contributed by atoms with Crippen LogP contribution in [0.3, 0.4) is 0 Å². The van der Waals surface area contributed by atoms with Gasteiger partial charge >= 0.3 is 11.9 Å². The number of allylic oxidation sites excluding steroid dienone is 1. The van der Waals surface area contributed by atoms with Crippen LogP contribution in [0, 0.1) is 10.5 Å². The van der Waals surface area contributed by atoms with Gasteiger partial charge in [0.1, 0.15) is 5.75 Å². The van der Waals surface area contributed by atoms with Crippen molar-refractivity contribution in [1.82, 2.24) is 4.57 Å². The van der Waals surface area contributed by atoms with E-state index in [9.17, 15) is 14.4 Å². The molecule has 8 nitrogen and oxygen atoms in total. The number of nitrogens with zero attached hydrogens (tertiary/aromatic N) is 2. The number of aromatic nitrogens is 1. The van der Waals surface area contributed by atoms with Gasteiger partial charge < -0.3 is 14.2 Å². The molecule has 37 heavy (non-hydrogen) atoms. The Hall–Kier alpha value is -3.25. The number of halogens is 1. The van der Waals surface area contributed by atoms with Crippen molar-refractivity contribution in [2.45, 2.75) is 26.8 Å². The molecule has 0 bridgehead atoms. The van der Waals surface area contributed by atoms with Crippen LogP contribution in [0.15, 0.2) is 63.5 Å². The molecule has 0 fully saturated rings. The van der Waals surface area contributed by atoms with Crippen molar-refractivity contribution in [3.05, 3.63) is 93.7 Å². The molecule has 0 aliphatic carbocycles. The molecule has 0 amide bonds. The van der Waals surface area contributed by atoms with Gasteiger partial charge in [-0.1, -0.05) is 47.2 Å². The molecule has 0 N–H and O–H groups in total. The van der Waals surface area contributed by atoms with Gasteiger partial charge in [0.25, 0.3) is 5.56 Å². The molecule has 192 valence electrons. The minimum absolute atomic E-state index is 0.189. The van der Waals surface area contributed by atoms with Gasteiger partial charge in [-0.25, -0.2) is 14.6 Å². The summed E-state index contributed by atoms with van der Waals surface area (Å²) >= 11 is 3.38. The predicted octanol–water partition coefficient (Wildman–Crippen LogP) is 3.26. The highest BCUT2D eigenvalue weighted by Gasteiger charge is 2.33. The topological polar surface area (TPSA) is 96.2 Å². The Morgan fingerprint density at radius 3 is 2.54 bits per heavy atom. The number of rotatable bonds is 7. The normalized spacial score (nSPS) is 15.2. The molecule has 1 atom stereocenters. The minimum Gasteiger partial charge on any atom is -0.481 e. The van der Waals surface area contributed by atoms with Gasteiger partial charge in [0.15, 0.2) is 11.4 Å². The summed E-state index contributed by atoms with van der Waals surface area (Å²) in [6.07, 6.45) is 1.78. The van der Waals surface area contributed by atoms with Crippen molar-refractivity contribution in [2.75, 3.05) is 20.3 Å². The lowest BCUT2D eigenvalue weighted by Crippen LogP contribution is -2.39. The van der Waals surface area contributed by atoms with Crippen molar-refractivity contribution in [3.8, 4) is 5.75 Å². The molecule has 2 heterocycles. The van der Waals surface area contributed by atoms with Crippen molar-refractivity contribution in [1.29, 1.82) is 0 Å². The van der Waals surface area contributed by atoms with Crippen molar-refractivity contribution < 1.29 is 23.8 Å². The number of hydrogen-bond acceptors (Lipinski definition) is 8. The molecule has 4 rings (SSSR count). The highest BCUT2D eigenvalue weighted by Crippen LogP contribution is 2.31. The first kappa shape index (κ1) is 26.8. The van der Waals surface area contributed by atoms with E-state index in [4.69, 9.17) is 9.47 Å². The first-order chi connectivity index (χ1) is 17.7. The average Bonchev–Trinajstić information content (AvgIpc) is 3.17. The molecule has 0 radical (unpaired) electrons.